The van der Waals surface area contributed by atoms with Crippen molar-refractivity contribution in [3.8, 4) is 5.75 Å². The van der Waals surface area contributed by atoms with Gasteiger partial charge >= 0.3 is 0 Å². The number of anilines is 1. The lowest BCUT2D eigenvalue weighted by Crippen LogP contribution is -2.26. The lowest BCUT2D eigenvalue weighted by Gasteiger charge is -2.11. The maximum atomic E-state index is 12.5. The molecule has 0 aliphatic rings. The predicted octanol–water partition coefficient (Wildman–Crippen LogP) is 3.98. The average Bonchev–Trinajstić information content (AvgIpc) is 2.73. The van der Waals surface area contributed by atoms with Gasteiger partial charge in [0.25, 0.3) is 5.91 Å². The predicted molar refractivity (Wildman–Crippen MR) is 112 cm³/mol. The van der Waals surface area contributed by atoms with Gasteiger partial charge in [0.1, 0.15) is 11.6 Å². The van der Waals surface area contributed by atoms with E-state index in [0.29, 0.717) is 30.9 Å². The summed E-state index contributed by atoms with van der Waals surface area (Å²) >= 11 is 0. The number of aromatic nitrogens is 1. The first-order valence-electron chi connectivity index (χ1n) is 9.32. The van der Waals surface area contributed by atoms with E-state index in [1.165, 1.54) is 11.1 Å². The summed E-state index contributed by atoms with van der Waals surface area (Å²) in [7, 11) is 1.65. The molecule has 0 saturated carbocycles. The Balaban J connectivity index is 1.55. The van der Waals surface area contributed by atoms with Crippen LogP contribution in [0.1, 0.15) is 27.0 Å². The van der Waals surface area contributed by atoms with Gasteiger partial charge in [-0.15, -0.1) is 0 Å². The van der Waals surface area contributed by atoms with Gasteiger partial charge in [0, 0.05) is 24.8 Å². The monoisotopic (exact) mass is 375 g/mol. The van der Waals surface area contributed by atoms with Crippen molar-refractivity contribution in [3.05, 3.63) is 89.1 Å². The van der Waals surface area contributed by atoms with Crippen LogP contribution in [0.25, 0.3) is 0 Å². The Morgan fingerprint density at radius 1 is 1.04 bits per heavy atom. The molecule has 28 heavy (non-hydrogen) atoms. The van der Waals surface area contributed by atoms with E-state index in [1.807, 2.05) is 36.4 Å². The number of hydrogen-bond donors (Lipinski definition) is 2. The lowest BCUT2D eigenvalue weighted by atomic mass is 10.1. The summed E-state index contributed by atoms with van der Waals surface area (Å²) in [5.74, 6) is 1.40. The first-order valence-corrected chi connectivity index (χ1v) is 9.32. The highest BCUT2D eigenvalue weighted by molar-refractivity contribution is 5.94. The molecule has 3 rings (SSSR count). The number of pyridine rings is 1. The van der Waals surface area contributed by atoms with E-state index in [1.54, 1.807) is 25.4 Å². The zero-order chi connectivity index (χ0) is 19.8. The number of amides is 1. The van der Waals surface area contributed by atoms with Crippen molar-refractivity contribution in [1.29, 1.82) is 0 Å². The number of hydrogen-bond acceptors (Lipinski definition) is 4. The minimum absolute atomic E-state index is 0.115. The van der Waals surface area contributed by atoms with Crippen LogP contribution in [-0.2, 0) is 13.0 Å². The topological polar surface area (TPSA) is 63.2 Å². The standard InChI is InChI=1S/C23H25N3O2/c1-17-7-3-4-9-20(17)16-26-22-15-19(12-13-24-22)23(27)25-14-11-18-8-5-6-10-21(18)28-2/h3-10,12-13,15H,11,14,16H2,1-2H3,(H,24,26)(H,25,27). The van der Waals surface area contributed by atoms with Crippen molar-refractivity contribution in [3.63, 3.8) is 0 Å². The van der Waals surface area contributed by atoms with Crippen LogP contribution in [0, 0.1) is 6.92 Å². The zero-order valence-electron chi connectivity index (χ0n) is 16.2. The molecule has 0 radical (unpaired) electrons. The minimum Gasteiger partial charge on any atom is -0.496 e. The Morgan fingerprint density at radius 3 is 2.57 bits per heavy atom. The van der Waals surface area contributed by atoms with Gasteiger partial charge in [0.2, 0.25) is 0 Å². The summed E-state index contributed by atoms with van der Waals surface area (Å²) in [4.78, 5) is 16.8. The summed E-state index contributed by atoms with van der Waals surface area (Å²) in [6.07, 6.45) is 2.36. The molecule has 0 spiro atoms. The number of nitrogens with zero attached hydrogens (tertiary/aromatic N) is 1. The Kier molecular flexibility index (Phi) is 6.63. The lowest BCUT2D eigenvalue weighted by molar-refractivity contribution is 0.0954. The van der Waals surface area contributed by atoms with Crippen LogP contribution in [-0.4, -0.2) is 24.5 Å². The quantitative estimate of drug-likeness (QED) is 0.625. The molecule has 0 aliphatic heterocycles. The summed E-state index contributed by atoms with van der Waals surface area (Å²) in [6, 6.07) is 19.5. The fraction of sp³-hybridized carbons (Fsp3) is 0.217. The van der Waals surface area contributed by atoms with Gasteiger partial charge in [0.05, 0.1) is 7.11 Å². The van der Waals surface area contributed by atoms with E-state index in [-0.39, 0.29) is 5.91 Å². The number of aryl methyl sites for hydroxylation is 1. The van der Waals surface area contributed by atoms with Gasteiger partial charge in [-0.25, -0.2) is 4.98 Å². The molecule has 0 bridgehead atoms. The smallest absolute Gasteiger partial charge is 0.251 e. The average molecular weight is 375 g/mol. The number of benzene rings is 2. The van der Waals surface area contributed by atoms with Crippen molar-refractivity contribution in [2.75, 3.05) is 19.0 Å². The molecule has 1 heterocycles. The number of rotatable bonds is 8. The fourth-order valence-electron chi connectivity index (χ4n) is 2.98. The van der Waals surface area contributed by atoms with E-state index in [9.17, 15) is 4.79 Å². The molecular weight excluding hydrogens is 350 g/mol. The van der Waals surface area contributed by atoms with Crippen molar-refractivity contribution in [2.24, 2.45) is 0 Å². The molecule has 0 saturated heterocycles. The third kappa shape index (κ3) is 5.10. The maximum absolute atomic E-state index is 12.5. The Morgan fingerprint density at radius 2 is 1.79 bits per heavy atom. The fourth-order valence-corrected chi connectivity index (χ4v) is 2.98. The highest BCUT2D eigenvalue weighted by Crippen LogP contribution is 2.17. The maximum Gasteiger partial charge on any atom is 0.251 e. The van der Waals surface area contributed by atoms with Crippen LogP contribution in [0.5, 0.6) is 5.75 Å². The second kappa shape index (κ2) is 9.55. The van der Waals surface area contributed by atoms with Crippen LogP contribution in [0.4, 0.5) is 5.82 Å². The minimum atomic E-state index is -0.115. The number of para-hydroxylation sites is 1. The number of methoxy groups -OCH3 is 1. The van der Waals surface area contributed by atoms with Gasteiger partial charge in [0.15, 0.2) is 0 Å². The highest BCUT2D eigenvalue weighted by Gasteiger charge is 2.08. The normalized spacial score (nSPS) is 10.4. The molecular formula is C23H25N3O2. The van der Waals surface area contributed by atoms with Gasteiger partial charge < -0.3 is 15.4 Å². The zero-order valence-corrected chi connectivity index (χ0v) is 16.2. The molecule has 0 fully saturated rings. The Labute approximate surface area is 165 Å². The molecule has 1 aromatic heterocycles. The van der Waals surface area contributed by atoms with Gasteiger partial charge in [-0.05, 0) is 48.2 Å². The second-order valence-corrected chi connectivity index (χ2v) is 6.53. The Hall–Kier alpha value is -3.34. The SMILES string of the molecule is COc1ccccc1CCNC(=O)c1ccnc(NCc2ccccc2C)c1. The van der Waals surface area contributed by atoms with Crippen molar-refractivity contribution < 1.29 is 9.53 Å². The van der Waals surface area contributed by atoms with Gasteiger partial charge in [-0.1, -0.05) is 42.5 Å². The number of ether oxygens (including phenoxy) is 1. The molecule has 5 nitrogen and oxygen atoms in total. The van der Waals surface area contributed by atoms with Crippen LogP contribution >= 0.6 is 0 Å². The number of carbonyl (C=O) groups excluding carboxylic acids is 1. The van der Waals surface area contributed by atoms with Gasteiger partial charge in [-0.2, -0.15) is 0 Å². The second-order valence-electron chi connectivity index (χ2n) is 6.53. The summed E-state index contributed by atoms with van der Waals surface area (Å²) in [5, 5.41) is 6.25. The molecule has 3 aromatic rings. The summed E-state index contributed by atoms with van der Waals surface area (Å²) < 4.78 is 5.35. The molecule has 2 aromatic carbocycles. The first kappa shape index (κ1) is 19.4. The molecule has 0 aliphatic carbocycles. The van der Waals surface area contributed by atoms with E-state index in [4.69, 9.17) is 4.74 Å². The van der Waals surface area contributed by atoms with Crippen LogP contribution in [0.15, 0.2) is 66.9 Å². The van der Waals surface area contributed by atoms with E-state index in [0.717, 1.165) is 11.3 Å². The molecule has 144 valence electrons. The van der Waals surface area contributed by atoms with Crippen LogP contribution in [0.2, 0.25) is 0 Å². The molecule has 5 heteroatoms. The van der Waals surface area contributed by atoms with Crippen molar-refractivity contribution in [1.82, 2.24) is 10.3 Å². The summed E-state index contributed by atoms with van der Waals surface area (Å²) in [6.45, 7) is 3.28. The largest absolute Gasteiger partial charge is 0.496 e. The van der Waals surface area contributed by atoms with Crippen molar-refractivity contribution >= 4 is 11.7 Å². The Bertz CT molecular complexity index is 940. The molecule has 0 unspecified atom stereocenters. The van der Waals surface area contributed by atoms with E-state index >= 15 is 0 Å². The molecule has 1 amide bonds. The third-order valence-electron chi connectivity index (χ3n) is 4.62. The molecule has 2 N–H and O–H groups in total. The number of nitrogens with one attached hydrogen (secondary N) is 2. The van der Waals surface area contributed by atoms with E-state index < -0.39 is 0 Å². The molecule has 0 atom stereocenters. The first-order chi connectivity index (χ1) is 13.7. The van der Waals surface area contributed by atoms with Crippen molar-refractivity contribution in [2.45, 2.75) is 19.9 Å². The van der Waals surface area contributed by atoms with Gasteiger partial charge in [-0.3, -0.25) is 4.79 Å². The number of carbonyl (C=O) groups is 1. The highest BCUT2D eigenvalue weighted by atomic mass is 16.5. The van der Waals surface area contributed by atoms with Crippen LogP contribution < -0.4 is 15.4 Å². The van der Waals surface area contributed by atoms with E-state index in [2.05, 4.69) is 34.7 Å². The third-order valence-corrected chi connectivity index (χ3v) is 4.62. The van der Waals surface area contributed by atoms with Crippen LogP contribution in [0.3, 0.4) is 0 Å². The summed E-state index contributed by atoms with van der Waals surface area (Å²) in [5.41, 5.74) is 4.08.